The second-order valence-electron chi connectivity index (χ2n) is 4.71. The smallest absolute Gasteiger partial charge is 0.306 e. The van der Waals surface area contributed by atoms with Crippen molar-refractivity contribution in [2.45, 2.75) is 45.6 Å². The van der Waals surface area contributed by atoms with Gasteiger partial charge in [-0.05, 0) is 25.2 Å². The first-order valence-corrected chi connectivity index (χ1v) is 5.51. The summed E-state index contributed by atoms with van der Waals surface area (Å²) in [6.45, 7) is 3.99. The lowest BCUT2D eigenvalue weighted by atomic mass is 10.1. The van der Waals surface area contributed by atoms with E-state index in [0.717, 1.165) is 6.42 Å². The molecule has 2 atom stereocenters. The van der Waals surface area contributed by atoms with Gasteiger partial charge in [0.15, 0.2) is 0 Å². The van der Waals surface area contributed by atoms with Crippen molar-refractivity contribution < 1.29 is 14.7 Å². The highest BCUT2D eigenvalue weighted by Crippen LogP contribution is 2.25. The first-order valence-electron chi connectivity index (χ1n) is 5.51. The van der Waals surface area contributed by atoms with E-state index in [1.54, 1.807) is 0 Å². The summed E-state index contributed by atoms with van der Waals surface area (Å²) < 4.78 is 0. The molecule has 15 heavy (non-hydrogen) atoms. The number of aliphatic carboxylic acids is 1. The Morgan fingerprint density at radius 3 is 2.53 bits per heavy atom. The van der Waals surface area contributed by atoms with Crippen molar-refractivity contribution >= 4 is 11.9 Å². The van der Waals surface area contributed by atoms with Crippen molar-refractivity contribution in [3.05, 3.63) is 0 Å². The second kappa shape index (κ2) is 5.14. The van der Waals surface area contributed by atoms with Gasteiger partial charge in [0.2, 0.25) is 5.91 Å². The lowest BCUT2D eigenvalue weighted by Crippen LogP contribution is -2.33. The Labute approximate surface area is 90.0 Å². The molecule has 0 heterocycles. The zero-order valence-electron chi connectivity index (χ0n) is 9.32. The molecule has 0 radical (unpaired) electrons. The second-order valence-corrected chi connectivity index (χ2v) is 4.71. The molecule has 0 aromatic carbocycles. The van der Waals surface area contributed by atoms with E-state index in [1.807, 2.05) is 13.8 Å². The van der Waals surface area contributed by atoms with Gasteiger partial charge >= 0.3 is 5.97 Å². The lowest BCUT2D eigenvalue weighted by Gasteiger charge is -2.13. The fraction of sp³-hybridized carbons (Fsp3) is 0.818. The molecule has 86 valence electrons. The fourth-order valence-electron chi connectivity index (χ4n) is 1.99. The molecule has 2 N–H and O–H groups in total. The standard InChI is InChI=1S/C11H19NO3/c1-7(2)5-10(13)12-9-4-3-8(6-9)11(14)15/h7-9H,3-6H2,1-2H3,(H,12,13)(H,14,15). The van der Waals surface area contributed by atoms with Gasteiger partial charge < -0.3 is 10.4 Å². The molecular formula is C11H19NO3. The number of carbonyl (C=O) groups is 2. The molecule has 4 heteroatoms. The van der Waals surface area contributed by atoms with Crippen LogP contribution in [0.1, 0.15) is 39.5 Å². The molecule has 0 bridgehead atoms. The van der Waals surface area contributed by atoms with Gasteiger partial charge in [0.1, 0.15) is 0 Å². The van der Waals surface area contributed by atoms with E-state index in [0.29, 0.717) is 25.2 Å². The number of rotatable bonds is 4. The number of nitrogens with one attached hydrogen (secondary N) is 1. The quantitative estimate of drug-likeness (QED) is 0.741. The summed E-state index contributed by atoms with van der Waals surface area (Å²) in [7, 11) is 0. The van der Waals surface area contributed by atoms with E-state index in [-0.39, 0.29) is 17.9 Å². The highest BCUT2D eigenvalue weighted by molar-refractivity contribution is 5.77. The molecule has 1 rings (SSSR count). The summed E-state index contributed by atoms with van der Waals surface area (Å²) in [6, 6.07) is 0.0670. The van der Waals surface area contributed by atoms with Crippen molar-refractivity contribution in [2.24, 2.45) is 11.8 Å². The Kier molecular flexibility index (Phi) is 4.12. The fourth-order valence-corrected chi connectivity index (χ4v) is 1.99. The zero-order chi connectivity index (χ0) is 11.4. The molecule has 0 spiro atoms. The molecule has 1 aliphatic carbocycles. The molecule has 0 saturated heterocycles. The first-order chi connectivity index (χ1) is 6.99. The van der Waals surface area contributed by atoms with Crippen molar-refractivity contribution in [1.29, 1.82) is 0 Å². The summed E-state index contributed by atoms with van der Waals surface area (Å²) in [6.07, 6.45) is 2.58. The van der Waals surface area contributed by atoms with Crippen LogP contribution in [-0.4, -0.2) is 23.0 Å². The molecule has 0 aromatic rings. The van der Waals surface area contributed by atoms with Crippen molar-refractivity contribution in [2.75, 3.05) is 0 Å². The van der Waals surface area contributed by atoms with Crippen LogP contribution in [0.2, 0.25) is 0 Å². The van der Waals surface area contributed by atoms with E-state index in [2.05, 4.69) is 5.32 Å². The summed E-state index contributed by atoms with van der Waals surface area (Å²) >= 11 is 0. The maximum Gasteiger partial charge on any atom is 0.306 e. The summed E-state index contributed by atoms with van der Waals surface area (Å²) in [5, 5.41) is 11.7. The Bertz CT molecular complexity index is 250. The normalized spacial score (nSPS) is 25.5. The molecule has 1 amide bonds. The van der Waals surface area contributed by atoms with Crippen molar-refractivity contribution in [3.8, 4) is 0 Å². The van der Waals surface area contributed by atoms with Gasteiger partial charge in [-0.2, -0.15) is 0 Å². The number of amides is 1. The average Bonchev–Trinajstić information content (AvgIpc) is 2.50. The Morgan fingerprint density at radius 2 is 2.07 bits per heavy atom. The summed E-state index contributed by atoms with van der Waals surface area (Å²) in [4.78, 5) is 22.1. The van der Waals surface area contributed by atoms with Gasteiger partial charge in [0.05, 0.1) is 5.92 Å². The molecule has 0 aromatic heterocycles. The van der Waals surface area contributed by atoms with Crippen LogP contribution in [0.5, 0.6) is 0 Å². The number of hydrogen-bond donors (Lipinski definition) is 2. The van der Waals surface area contributed by atoms with Crippen LogP contribution in [0.4, 0.5) is 0 Å². The van der Waals surface area contributed by atoms with Crippen LogP contribution in [0.3, 0.4) is 0 Å². The Hall–Kier alpha value is -1.06. The van der Waals surface area contributed by atoms with Crippen LogP contribution in [-0.2, 0) is 9.59 Å². The third-order valence-electron chi connectivity index (χ3n) is 2.74. The van der Waals surface area contributed by atoms with Crippen LogP contribution < -0.4 is 5.32 Å². The van der Waals surface area contributed by atoms with Gasteiger partial charge in [-0.3, -0.25) is 9.59 Å². The average molecular weight is 213 g/mol. The third kappa shape index (κ3) is 3.90. The maximum absolute atomic E-state index is 11.4. The number of carboxylic acids is 1. The van der Waals surface area contributed by atoms with Crippen molar-refractivity contribution in [3.63, 3.8) is 0 Å². The molecule has 1 fully saturated rings. The Morgan fingerprint density at radius 1 is 1.40 bits per heavy atom. The minimum Gasteiger partial charge on any atom is -0.481 e. The summed E-state index contributed by atoms with van der Waals surface area (Å²) in [5.74, 6) is -0.618. The van der Waals surface area contributed by atoms with Gasteiger partial charge in [0, 0.05) is 12.5 Å². The highest BCUT2D eigenvalue weighted by atomic mass is 16.4. The van der Waals surface area contributed by atoms with Gasteiger partial charge in [-0.15, -0.1) is 0 Å². The molecule has 4 nitrogen and oxygen atoms in total. The molecular weight excluding hydrogens is 194 g/mol. The Balaban J connectivity index is 2.30. The topological polar surface area (TPSA) is 66.4 Å². The molecule has 2 unspecified atom stereocenters. The lowest BCUT2D eigenvalue weighted by molar-refractivity contribution is -0.141. The van der Waals surface area contributed by atoms with Crippen LogP contribution in [0.25, 0.3) is 0 Å². The summed E-state index contributed by atoms with van der Waals surface area (Å²) in [5.41, 5.74) is 0. The predicted octanol–water partition coefficient (Wildman–Crippen LogP) is 1.40. The van der Waals surface area contributed by atoms with Crippen LogP contribution in [0, 0.1) is 11.8 Å². The van der Waals surface area contributed by atoms with Crippen LogP contribution in [0.15, 0.2) is 0 Å². The number of carboxylic acid groups (broad SMARTS) is 1. The molecule has 1 aliphatic rings. The monoisotopic (exact) mass is 213 g/mol. The minimum atomic E-state index is -0.740. The third-order valence-corrected chi connectivity index (χ3v) is 2.74. The van der Waals surface area contributed by atoms with E-state index in [4.69, 9.17) is 5.11 Å². The predicted molar refractivity (Wildman–Crippen MR) is 56.4 cm³/mol. The molecule has 0 aliphatic heterocycles. The highest BCUT2D eigenvalue weighted by Gasteiger charge is 2.30. The van der Waals surface area contributed by atoms with E-state index in [9.17, 15) is 9.59 Å². The SMILES string of the molecule is CC(C)CC(=O)NC1CCC(C(=O)O)C1. The number of carbonyl (C=O) groups excluding carboxylic acids is 1. The first kappa shape index (κ1) is 12.0. The van der Waals surface area contributed by atoms with E-state index in [1.165, 1.54) is 0 Å². The van der Waals surface area contributed by atoms with Crippen molar-refractivity contribution in [1.82, 2.24) is 5.32 Å². The largest absolute Gasteiger partial charge is 0.481 e. The molecule has 1 saturated carbocycles. The van der Waals surface area contributed by atoms with Gasteiger partial charge in [-0.1, -0.05) is 13.8 Å². The van der Waals surface area contributed by atoms with Crippen LogP contribution >= 0.6 is 0 Å². The number of hydrogen-bond acceptors (Lipinski definition) is 2. The zero-order valence-corrected chi connectivity index (χ0v) is 9.32. The van der Waals surface area contributed by atoms with E-state index < -0.39 is 5.97 Å². The van der Waals surface area contributed by atoms with Gasteiger partial charge in [0.25, 0.3) is 0 Å². The van der Waals surface area contributed by atoms with E-state index >= 15 is 0 Å². The minimum absolute atomic E-state index is 0.0426. The maximum atomic E-state index is 11.4. The van der Waals surface area contributed by atoms with Gasteiger partial charge in [-0.25, -0.2) is 0 Å².